The van der Waals surface area contributed by atoms with E-state index in [1.807, 2.05) is 0 Å². The molecule has 0 aliphatic carbocycles. The number of thioether (sulfide) groups is 1. The molecular formula is C9H13N3O4S2. The summed E-state index contributed by atoms with van der Waals surface area (Å²) in [6.07, 6.45) is -0.617. The molecule has 0 spiro atoms. The van der Waals surface area contributed by atoms with E-state index in [2.05, 4.69) is 15.5 Å². The molecule has 0 aromatic carbocycles. The highest BCUT2D eigenvalue weighted by Gasteiger charge is 2.17. The number of ether oxygens (including phenoxy) is 1. The number of carbonyl (C=O) groups is 2. The lowest BCUT2D eigenvalue weighted by molar-refractivity contribution is -0.133. The lowest BCUT2D eigenvalue weighted by Crippen LogP contribution is -2.27. The number of hydrogen-bond donors (Lipinski definition) is 2. The molecule has 1 rings (SSSR count). The molecule has 18 heavy (non-hydrogen) atoms. The van der Waals surface area contributed by atoms with Crippen molar-refractivity contribution in [3.63, 3.8) is 0 Å². The minimum Gasteiger partial charge on any atom is -0.481 e. The Morgan fingerprint density at radius 1 is 1.44 bits per heavy atom. The molecule has 0 aliphatic heterocycles. The van der Waals surface area contributed by atoms with Gasteiger partial charge >= 0.3 is 12.1 Å². The third-order valence-corrected chi connectivity index (χ3v) is 3.29. The van der Waals surface area contributed by atoms with Crippen molar-refractivity contribution in [2.24, 2.45) is 0 Å². The molecule has 9 heteroatoms. The number of hydrogen-bond acceptors (Lipinski definition) is 7. The highest BCUT2D eigenvalue weighted by Crippen LogP contribution is 2.25. The molecule has 0 atom stereocenters. The molecule has 0 aliphatic rings. The van der Waals surface area contributed by atoms with E-state index in [-0.39, 0.29) is 10.9 Å². The van der Waals surface area contributed by atoms with Crippen LogP contribution in [0.15, 0.2) is 4.34 Å². The Morgan fingerprint density at radius 2 is 2.11 bits per heavy atom. The number of nitrogens with one attached hydrogen (secondary N) is 1. The van der Waals surface area contributed by atoms with E-state index in [9.17, 15) is 9.59 Å². The Labute approximate surface area is 112 Å². The van der Waals surface area contributed by atoms with Crippen LogP contribution in [-0.4, -0.2) is 38.7 Å². The second-order valence-electron chi connectivity index (χ2n) is 4.18. The van der Waals surface area contributed by atoms with Crippen molar-refractivity contribution in [3.8, 4) is 0 Å². The van der Waals surface area contributed by atoms with Crippen LogP contribution in [-0.2, 0) is 9.53 Å². The van der Waals surface area contributed by atoms with Crippen molar-refractivity contribution in [2.45, 2.75) is 30.7 Å². The predicted molar refractivity (Wildman–Crippen MR) is 68.1 cm³/mol. The maximum absolute atomic E-state index is 11.4. The second kappa shape index (κ2) is 6.01. The van der Waals surface area contributed by atoms with Gasteiger partial charge in [0, 0.05) is 0 Å². The Morgan fingerprint density at radius 3 is 2.67 bits per heavy atom. The quantitative estimate of drug-likeness (QED) is 0.646. The van der Waals surface area contributed by atoms with E-state index in [1.165, 1.54) is 0 Å². The first kappa shape index (κ1) is 14.7. The van der Waals surface area contributed by atoms with Crippen molar-refractivity contribution in [2.75, 3.05) is 11.1 Å². The average Bonchev–Trinajstić information content (AvgIpc) is 2.59. The summed E-state index contributed by atoms with van der Waals surface area (Å²) in [4.78, 5) is 21.8. The molecule has 0 radical (unpaired) electrons. The molecule has 1 heterocycles. The average molecular weight is 291 g/mol. The monoisotopic (exact) mass is 291 g/mol. The summed E-state index contributed by atoms with van der Waals surface area (Å²) in [7, 11) is 0. The van der Waals surface area contributed by atoms with Crippen LogP contribution in [0.4, 0.5) is 9.93 Å². The van der Waals surface area contributed by atoms with E-state index in [1.54, 1.807) is 20.8 Å². The largest absolute Gasteiger partial charge is 0.481 e. The fourth-order valence-electron chi connectivity index (χ4n) is 0.833. The zero-order valence-electron chi connectivity index (χ0n) is 10.1. The molecule has 0 saturated carbocycles. The van der Waals surface area contributed by atoms with Crippen molar-refractivity contribution in [3.05, 3.63) is 0 Å². The van der Waals surface area contributed by atoms with Crippen LogP contribution >= 0.6 is 23.1 Å². The summed E-state index contributed by atoms with van der Waals surface area (Å²) >= 11 is 2.14. The molecule has 2 N–H and O–H groups in total. The van der Waals surface area contributed by atoms with Gasteiger partial charge in [0.2, 0.25) is 5.13 Å². The third-order valence-electron chi connectivity index (χ3n) is 1.33. The first-order valence-electron chi connectivity index (χ1n) is 4.94. The van der Waals surface area contributed by atoms with Gasteiger partial charge in [-0.2, -0.15) is 0 Å². The van der Waals surface area contributed by atoms with Gasteiger partial charge in [-0.15, -0.1) is 10.2 Å². The van der Waals surface area contributed by atoms with Gasteiger partial charge in [-0.1, -0.05) is 23.1 Å². The number of carboxylic acids is 1. The fraction of sp³-hybridized carbons (Fsp3) is 0.556. The highest BCUT2D eigenvalue weighted by atomic mass is 32.2. The van der Waals surface area contributed by atoms with Gasteiger partial charge < -0.3 is 9.84 Å². The van der Waals surface area contributed by atoms with E-state index in [0.29, 0.717) is 4.34 Å². The van der Waals surface area contributed by atoms with Crippen molar-refractivity contribution in [1.29, 1.82) is 0 Å². The Bertz CT molecular complexity index is 441. The zero-order chi connectivity index (χ0) is 13.8. The molecule has 1 amide bonds. The Kier molecular flexibility index (Phi) is 4.91. The van der Waals surface area contributed by atoms with Crippen molar-refractivity contribution < 1.29 is 19.4 Å². The number of aromatic nitrogens is 2. The second-order valence-corrected chi connectivity index (χ2v) is 6.38. The summed E-state index contributed by atoms with van der Waals surface area (Å²) in [5, 5.41) is 18.6. The normalized spacial score (nSPS) is 11.1. The summed E-state index contributed by atoms with van der Waals surface area (Å²) in [5.41, 5.74) is -0.588. The number of rotatable bonds is 4. The minimum absolute atomic E-state index is 0.0962. The summed E-state index contributed by atoms with van der Waals surface area (Å²) < 4.78 is 5.51. The van der Waals surface area contributed by atoms with Crippen LogP contribution in [0.3, 0.4) is 0 Å². The standard InChI is InChI=1S/C9H13N3O4S2/c1-9(2,3)16-7(15)10-6-11-12-8(18-6)17-4-5(13)14/h4H2,1-3H3,(H,13,14)(H,10,11,15). The van der Waals surface area contributed by atoms with Crippen LogP contribution in [0.25, 0.3) is 0 Å². The van der Waals surface area contributed by atoms with Crippen LogP contribution in [0.1, 0.15) is 20.8 Å². The van der Waals surface area contributed by atoms with Crippen LogP contribution in [0.2, 0.25) is 0 Å². The summed E-state index contributed by atoms with van der Waals surface area (Å²) in [5.74, 6) is -1.03. The molecule has 0 saturated heterocycles. The number of amides is 1. The lowest BCUT2D eigenvalue weighted by atomic mass is 10.2. The van der Waals surface area contributed by atoms with E-state index < -0.39 is 17.7 Å². The predicted octanol–water partition coefficient (Wildman–Crippen LogP) is 2.06. The van der Waals surface area contributed by atoms with Crippen LogP contribution in [0.5, 0.6) is 0 Å². The van der Waals surface area contributed by atoms with Crippen LogP contribution < -0.4 is 5.32 Å². The molecule has 0 unspecified atom stereocenters. The van der Waals surface area contributed by atoms with Gasteiger partial charge in [0.25, 0.3) is 0 Å². The zero-order valence-corrected chi connectivity index (χ0v) is 11.7. The smallest absolute Gasteiger partial charge is 0.414 e. The first-order valence-corrected chi connectivity index (χ1v) is 6.74. The van der Waals surface area contributed by atoms with Crippen molar-refractivity contribution in [1.82, 2.24) is 10.2 Å². The number of nitrogens with zero attached hydrogens (tertiary/aromatic N) is 2. The summed E-state index contributed by atoms with van der Waals surface area (Å²) in [6, 6.07) is 0. The van der Waals surface area contributed by atoms with E-state index >= 15 is 0 Å². The molecule has 1 aromatic rings. The molecular weight excluding hydrogens is 278 g/mol. The third kappa shape index (κ3) is 5.82. The minimum atomic E-state index is -0.933. The summed E-state index contributed by atoms with van der Waals surface area (Å²) in [6.45, 7) is 5.25. The highest BCUT2D eigenvalue weighted by molar-refractivity contribution is 8.01. The SMILES string of the molecule is CC(C)(C)OC(=O)Nc1nnc(SCC(=O)O)s1. The first-order chi connectivity index (χ1) is 8.26. The van der Waals surface area contributed by atoms with Gasteiger partial charge in [-0.3, -0.25) is 10.1 Å². The number of anilines is 1. The van der Waals surface area contributed by atoms with Crippen molar-refractivity contribution >= 4 is 40.3 Å². The Hall–Kier alpha value is -1.35. The topological polar surface area (TPSA) is 101 Å². The van der Waals surface area contributed by atoms with Gasteiger partial charge in [-0.25, -0.2) is 4.79 Å². The molecule has 0 bridgehead atoms. The maximum Gasteiger partial charge on any atom is 0.414 e. The maximum atomic E-state index is 11.4. The molecule has 1 aromatic heterocycles. The lowest BCUT2D eigenvalue weighted by Gasteiger charge is -2.18. The number of carbonyl (C=O) groups excluding carboxylic acids is 1. The van der Waals surface area contributed by atoms with E-state index in [4.69, 9.17) is 9.84 Å². The van der Waals surface area contributed by atoms with Gasteiger partial charge in [0.1, 0.15) is 5.60 Å². The molecule has 7 nitrogen and oxygen atoms in total. The molecule has 0 fully saturated rings. The Balaban J connectivity index is 2.48. The molecule has 100 valence electrons. The van der Waals surface area contributed by atoms with Crippen LogP contribution in [0, 0.1) is 0 Å². The fourth-order valence-corrected chi connectivity index (χ4v) is 2.29. The van der Waals surface area contributed by atoms with Gasteiger partial charge in [0.05, 0.1) is 5.75 Å². The van der Waals surface area contributed by atoms with Gasteiger partial charge in [0.15, 0.2) is 4.34 Å². The number of aliphatic carboxylic acids is 1. The van der Waals surface area contributed by atoms with Gasteiger partial charge in [-0.05, 0) is 20.8 Å². The number of carboxylic acid groups (broad SMARTS) is 1. The van der Waals surface area contributed by atoms with E-state index in [0.717, 1.165) is 23.1 Å².